The van der Waals surface area contributed by atoms with Crippen molar-refractivity contribution >= 4 is 23.4 Å². The monoisotopic (exact) mass is 311 g/mol. The highest BCUT2D eigenvalue weighted by Crippen LogP contribution is 2.14. The van der Waals surface area contributed by atoms with Crippen LogP contribution >= 0.6 is 11.6 Å². The third kappa shape index (κ3) is 3.64. The maximum atomic E-state index is 12.6. The summed E-state index contributed by atoms with van der Waals surface area (Å²) in [6.07, 6.45) is 2.52. The molecule has 114 valence electrons. The Morgan fingerprint density at radius 3 is 2.76 bits per heavy atom. The fourth-order valence-electron chi connectivity index (χ4n) is 2.35. The summed E-state index contributed by atoms with van der Waals surface area (Å²) in [5, 5.41) is 3.13. The van der Waals surface area contributed by atoms with Gasteiger partial charge in [-0.2, -0.15) is 0 Å². The normalized spacial score (nSPS) is 17.9. The molecule has 0 spiro atoms. The number of nitrogens with zero attached hydrogens (tertiary/aromatic N) is 1. The van der Waals surface area contributed by atoms with E-state index in [4.69, 9.17) is 11.6 Å². The molecular weight excluding hydrogens is 294 g/mol. The highest BCUT2D eigenvalue weighted by atomic mass is 35.5. The van der Waals surface area contributed by atoms with Crippen molar-refractivity contribution in [2.45, 2.75) is 38.8 Å². The van der Waals surface area contributed by atoms with E-state index in [0.717, 1.165) is 0 Å². The van der Waals surface area contributed by atoms with Crippen LogP contribution in [0.1, 0.15) is 37.0 Å². The second-order valence-corrected chi connectivity index (χ2v) is 5.85. The Bertz CT molecular complexity index is 612. The van der Waals surface area contributed by atoms with Crippen LogP contribution in [0.2, 0.25) is 5.02 Å². The summed E-state index contributed by atoms with van der Waals surface area (Å²) in [5.41, 5.74) is -0.453. The molecule has 0 aliphatic carbocycles. The lowest BCUT2D eigenvalue weighted by molar-refractivity contribution is -0.119. The van der Waals surface area contributed by atoms with Crippen LogP contribution in [0.15, 0.2) is 17.1 Å². The quantitative estimate of drug-likeness (QED) is 0.875. The Hall–Kier alpha value is -1.82. The number of carbonyl (C=O) groups excluding carboxylic acids is 2. The molecular formula is C14H18ClN3O3. The molecule has 2 rings (SSSR count). The van der Waals surface area contributed by atoms with Crippen molar-refractivity contribution in [3.8, 4) is 0 Å². The summed E-state index contributed by atoms with van der Waals surface area (Å²) < 4.78 is 0. The standard InChI is InChI=1S/C14H18ClN3O3/c1-8(2)18(7-10-3-4-12(19)17-10)14(21)11-5-9(15)6-16-13(11)20/h5-6,8,10H,3-4,7H2,1-2H3,(H,16,20)(H,17,19)/t10-/m1/s1. The SMILES string of the molecule is CC(C)N(C[C@H]1CCC(=O)N1)C(=O)c1cc(Cl)c[nH]c1=O. The molecule has 1 aromatic heterocycles. The number of aromatic nitrogens is 1. The minimum absolute atomic E-state index is 0.00300. The average molecular weight is 312 g/mol. The molecule has 1 fully saturated rings. The first-order valence-corrected chi connectivity index (χ1v) is 7.25. The van der Waals surface area contributed by atoms with Gasteiger partial charge in [-0.1, -0.05) is 11.6 Å². The third-order valence-electron chi connectivity index (χ3n) is 3.48. The number of H-pyrrole nitrogens is 1. The average Bonchev–Trinajstić information content (AvgIpc) is 2.83. The first-order valence-electron chi connectivity index (χ1n) is 6.87. The largest absolute Gasteiger partial charge is 0.352 e. The number of amides is 2. The molecule has 0 unspecified atom stereocenters. The number of hydrogen-bond donors (Lipinski definition) is 2. The van der Waals surface area contributed by atoms with Gasteiger partial charge in [-0.3, -0.25) is 14.4 Å². The zero-order valence-corrected chi connectivity index (χ0v) is 12.7. The topological polar surface area (TPSA) is 82.3 Å². The fourth-order valence-corrected chi connectivity index (χ4v) is 2.51. The Morgan fingerprint density at radius 1 is 1.48 bits per heavy atom. The number of halogens is 1. The molecule has 2 N–H and O–H groups in total. The number of nitrogens with one attached hydrogen (secondary N) is 2. The van der Waals surface area contributed by atoms with Crippen molar-refractivity contribution < 1.29 is 9.59 Å². The molecule has 1 aliphatic heterocycles. The molecule has 1 saturated heterocycles. The van der Waals surface area contributed by atoms with Crippen LogP contribution in [0.3, 0.4) is 0 Å². The zero-order chi connectivity index (χ0) is 15.6. The van der Waals surface area contributed by atoms with Crippen LogP contribution in [0.4, 0.5) is 0 Å². The molecule has 0 bridgehead atoms. The summed E-state index contributed by atoms with van der Waals surface area (Å²) in [6.45, 7) is 4.12. The van der Waals surface area contributed by atoms with Gasteiger partial charge in [-0.15, -0.1) is 0 Å². The third-order valence-corrected chi connectivity index (χ3v) is 3.70. The minimum atomic E-state index is -0.467. The first kappa shape index (κ1) is 15.6. The predicted octanol–water partition coefficient (Wildman–Crippen LogP) is 1.16. The van der Waals surface area contributed by atoms with Gasteiger partial charge in [0.15, 0.2) is 0 Å². The smallest absolute Gasteiger partial charge is 0.260 e. The van der Waals surface area contributed by atoms with Crippen molar-refractivity contribution in [1.82, 2.24) is 15.2 Å². The summed E-state index contributed by atoms with van der Waals surface area (Å²) >= 11 is 5.84. The molecule has 1 aromatic rings. The molecule has 6 nitrogen and oxygen atoms in total. The van der Waals surface area contributed by atoms with Gasteiger partial charge < -0.3 is 15.2 Å². The van der Waals surface area contributed by atoms with Crippen LogP contribution in [0.5, 0.6) is 0 Å². The lowest BCUT2D eigenvalue weighted by Crippen LogP contribution is -2.46. The molecule has 1 aliphatic rings. The first-order chi connectivity index (χ1) is 9.88. The molecule has 0 radical (unpaired) electrons. The van der Waals surface area contributed by atoms with Gasteiger partial charge in [0.2, 0.25) is 5.91 Å². The van der Waals surface area contributed by atoms with E-state index in [0.29, 0.717) is 24.4 Å². The lowest BCUT2D eigenvalue weighted by Gasteiger charge is -2.29. The predicted molar refractivity (Wildman–Crippen MR) is 79.4 cm³/mol. The van der Waals surface area contributed by atoms with Gasteiger partial charge in [0.1, 0.15) is 5.56 Å². The van der Waals surface area contributed by atoms with Crippen molar-refractivity contribution in [2.75, 3.05) is 6.54 Å². The Labute approximate surface area is 127 Å². The minimum Gasteiger partial charge on any atom is -0.352 e. The van der Waals surface area contributed by atoms with E-state index in [1.807, 2.05) is 13.8 Å². The van der Waals surface area contributed by atoms with E-state index in [-0.39, 0.29) is 29.5 Å². The highest BCUT2D eigenvalue weighted by Gasteiger charge is 2.28. The summed E-state index contributed by atoms with van der Waals surface area (Å²) in [7, 11) is 0. The number of hydrogen-bond acceptors (Lipinski definition) is 3. The number of pyridine rings is 1. The maximum Gasteiger partial charge on any atom is 0.260 e. The number of rotatable bonds is 4. The molecule has 0 saturated carbocycles. The highest BCUT2D eigenvalue weighted by molar-refractivity contribution is 6.30. The molecule has 7 heteroatoms. The maximum absolute atomic E-state index is 12.6. The second kappa shape index (κ2) is 6.30. The summed E-state index contributed by atoms with van der Waals surface area (Å²) in [6, 6.07) is 1.21. The molecule has 1 atom stereocenters. The van der Waals surface area contributed by atoms with Gasteiger partial charge >= 0.3 is 0 Å². The van der Waals surface area contributed by atoms with E-state index in [1.54, 1.807) is 4.90 Å². The van der Waals surface area contributed by atoms with Crippen LogP contribution in [-0.4, -0.2) is 40.3 Å². The number of carbonyl (C=O) groups is 2. The molecule has 2 heterocycles. The second-order valence-electron chi connectivity index (χ2n) is 5.42. The summed E-state index contributed by atoms with van der Waals surface area (Å²) in [5.74, 6) is -0.383. The fraction of sp³-hybridized carbons (Fsp3) is 0.500. The van der Waals surface area contributed by atoms with Crippen molar-refractivity contribution in [2.24, 2.45) is 0 Å². The van der Waals surface area contributed by atoms with Gasteiger partial charge in [-0.25, -0.2) is 0 Å². The van der Waals surface area contributed by atoms with E-state index in [2.05, 4.69) is 10.3 Å². The van der Waals surface area contributed by atoms with Crippen LogP contribution in [0, 0.1) is 0 Å². The number of aromatic amines is 1. The van der Waals surface area contributed by atoms with E-state index in [9.17, 15) is 14.4 Å². The molecule has 21 heavy (non-hydrogen) atoms. The van der Waals surface area contributed by atoms with Gasteiger partial charge in [0.05, 0.1) is 5.02 Å². The van der Waals surface area contributed by atoms with Gasteiger partial charge in [-0.05, 0) is 26.3 Å². The van der Waals surface area contributed by atoms with Crippen LogP contribution in [-0.2, 0) is 4.79 Å². The van der Waals surface area contributed by atoms with E-state index < -0.39 is 5.56 Å². The lowest BCUT2D eigenvalue weighted by atomic mass is 10.1. The molecule has 2 amide bonds. The zero-order valence-electron chi connectivity index (χ0n) is 12.0. The van der Waals surface area contributed by atoms with Crippen LogP contribution in [0.25, 0.3) is 0 Å². The van der Waals surface area contributed by atoms with Gasteiger partial charge in [0.25, 0.3) is 11.5 Å². The van der Waals surface area contributed by atoms with Crippen molar-refractivity contribution in [1.29, 1.82) is 0 Å². The molecule has 0 aromatic carbocycles. The van der Waals surface area contributed by atoms with Crippen molar-refractivity contribution in [3.05, 3.63) is 33.2 Å². The van der Waals surface area contributed by atoms with Crippen LogP contribution < -0.4 is 10.9 Å². The van der Waals surface area contributed by atoms with Crippen molar-refractivity contribution in [3.63, 3.8) is 0 Å². The van der Waals surface area contributed by atoms with Gasteiger partial charge in [0, 0.05) is 31.2 Å². The Kier molecular flexibility index (Phi) is 4.67. The van der Waals surface area contributed by atoms with E-state index in [1.165, 1.54) is 12.3 Å². The van der Waals surface area contributed by atoms with E-state index >= 15 is 0 Å². The Balaban J connectivity index is 2.21. The summed E-state index contributed by atoms with van der Waals surface area (Å²) in [4.78, 5) is 39.6. The Morgan fingerprint density at radius 2 is 2.19 bits per heavy atom.